The molecule has 0 aromatic heterocycles. The third kappa shape index (κ3) is 4.09. The molecule has 0 radical (unpaired) electrons. The lowest BCUT2D eigenvalue weighted by molar-refractivity contribution is -0.0813. The number of halogens is 1. The first kappa shape index (κ1) is 20.0. The lowest BCUT2D eigenvalue weighted by atomic mass is 9.77. The summed E-state index contributed by atoms with van der Waals surface area (Å²) < 4.78 is 33.6. The number of esters is 1. The van der Waals surface area contributed by atoms with E-state index >= 15 is 0 Å². The Balaban J connectivity index is 0.00000117. The van der Waals surface area contributed by atoms with E-state index in [1.54, 1.807) is 6.92 Å². The van der Waals surface area contributed by atoms with Crippen LogP contribution in [0, 0.1) is 5.82 Å². The number of benzene rings is 1. The van der Waals surface area contributed by atoms with Crippen LogP contribution in [0.5, 0.6) is 5.75 Å². The molecule has 142 valence electrons. The van der Waals surface area contributed by atoms with Gasteiger partial charge in [0, 0.05) is 12.7 Å². The van der Waals surface area contributed by atoms with E-state index in [1.165, 1.54) is 13.0 Å². The van der Waals surface area contributed by atoms with Crippen LogP contribution in [0.25, 0.3) is 0 Å². The van der Waals surface area contributed by atoms with Crippen molar-refractivity contribution in [1.29, 1.82) is 0 Å². The van der Waals surface area contributed by atoms with Crippen LogP contribution in [0.4, 0.5) is 9.18 Å². The highest BCUT2D eigenvalue weighted by Crippen LogP contribution is 2.60. The molecule has 1 aromatic carbocycles. The van der Waals surface area contributed by atoms with Crippen molar-refractivity contribution >= 4 is 19.2 Å². The minimum absolute atomic E-state index is 0.0189. The van der Waals surface area contributed by atoms with Gasteiger partial charge in [-0.05, 0) is 30.9 Å². The maximum atomic E-state index is 14.1. The smallest absolute Gasteiger partial charge is 0.526 e. The van der Waals surface area contributed by atoms with Crippen LogP contribution < -0.4 is 4.65 Å². The number of fused-ring (bicyclic) bond motifs is 3. The third-order valence-electron chi connectivity index (χ3n) is 3.98. The van der Waals surface area contributed by atoms with E-state index < -0.39 is 36.9 Å². The van der Waals surface area contributed by atoms with Gasteiger partial charge in [0.15, 0.2) is 0 Å². The van der Waals surface area contributed by atoms with E-state index in [2.05, 4.69) is 4.74 Å². The fourth-order valence-corrected chi connectivity index (χ4v) is 2.80. The lowest BCUT2D eigenvalue weighted by Gasteiger charge is -2.22. The summed E-state index contributed by atoms with van der Waals surface area (Å²) in [6, 6.07) is 2.69. The first-order valence-corrected chi connectivity index (χ1v) is 8.63. The predicted octanol–water partition coefficient (Wildman–Crippen LogP) is 3.26. The van der Waals surface area contributed by atoms with Crippen LogP contribution in [0.2, 0.25) is 5.82 Å². The van der Waals surface area contributed by atoms with E-state index in [1.807, 2.05) is 13.8 Å². The molecule has 0 saturated heterocycles. The molecule has 0 bridgehead atoms. The third-order valence-corrected chi connectivity index (χ3v) is 3.98. The van der Waals surface area contributed by atoms with E-state index in [4.69, 9.17) is 14.1 Å². The summed E-state index contributed by atoms with van der Waals surface area (Å²) in [6.45, 7) is 7.00. The molecule has 3 rings (SSSR count). The van der Waals surface area contributed by atoms with Crippen molar-refractivity contribution in [2.45, 2.75) is 52.1 Å². The fourth-order valence-electron chi connectivity index (χ4n) is 2.80. The standard InChI is InChI=1S/C15H16BFO7.C2H6/c1-3-21-15(19)23-7(2)22-14(18)12-11(17)5-4-8-9-6-10(9)16(20)24-13(8)12;1-2/h4-5,7,9-10,20H,3,6H2,1-2H3;1-2H3. The SMILES string of the molecule is CC.CCOC(=O)OC(C)OC(=O)c1c(F)ccc2c1OB(O)C1CC21. The van der Waals surface area contributed by atoms with Crippen LogP contribution >= 0.6 is 0 Å². The minimum atomic E-state index is -1.27. The number of hydrogen-bond donors (Lipinski definition) is 1. The first-order chi connectivity index (χ1) is 12.4. The molecule has 1 saturated carbocycles. The van der Waals surface area contributed by atoms with E-state index in [9.17, 15) is 19.0 Å². The summed E-state index contributed by atoms with van der Waals surface area (Å²) in [5, 5.41) is 9.84. The molecule has 1 aromatic rings. The molecule has 3 atom stereocenters. The maximum Gasteiger partial charge on any atom is 0.526 e. The molecule has 1 aliphatic carbocycles. The zero-order chi connectivity index (χ0) is 19.4. The van der Waals surface area contributed by atoms with Crippen molar-refractivity contribution in [1.82, 2.24) is 0 Å². The fraction of sp³-hybridized carbons (Fsp3) is 0.529. The van der Waals surface area contributed by atoms with Gasteiger partial charge >= 0.3 is 19.2 Å². The summed E-state index contributed by atoms with van der Waals surface area (Å²) in [6.07, 6.45) is -1.55. The molecular formula is C17H22BFO7. The Bertz CT molecular complexity index is 681. The van der Waals surface area contributed by atoms with Gasteiger partial charge in [0.25, 0.3) is 0 Å². The number of rotatable bonds is 4. The summed E-state index contributed by atoms with van der Waals surface area (Å²) >= 11 is 0. The average Bonchev–Trinajstić information content (AvgIpc) is 3.37. The molecule has 9 heteroatoms. The molecule has 0 spiro atoms. The molecule has 1 fully saturated rings. The molecule has 26 heavy (non-hydrogen) atoms. The van der Waals surface area contributed by atoms with Crippen molar-refractivity contribution in [3.8, 4) is 5.75 Å². The Morgan fingerprint density at radius 3 is 2.73 bits per heavy atom. The van der Waals surface area contributed by atoms with Gasteiger partial charge in [-0.25, -0.2) is 14.0 Å². The van der Waals surface area contributed by atoms with Crippen LogP contribution in [-0.4, -0.2) is 37.2 Å². The zero-order valence-electron chi connectivity index (χ0n) is 15.2. The van der Waals surface area contributed by atoms with Crippen LogP contribution in [0.15, 0.2) is 12.1 Å². The highest BCUT2D eigenvalue weighted by Gasteiger charge is 2.54. The molecule has 0 amide bonds. The van der Waals surface area contributed by atoms with Crippen LogP contribution in [-0.2, 0) is 14.2 Å². The highest BCUT2D eigenvalue weighted by atomic mass is 19.1. The Hall–Kier alpha value is -2.29. The quantitative estimate of drug-likeness (QED) is 0.496. The van der Waals surface area contributed by atoms with Crippen molar-refractivity contribution in [3.05, 3.63) is 29.1 Å². The topological polar surface area (TPSA) is 91.3 Å². The zero-order valence-corrected chi connectivity index (χ0v) is 15.2. The lowest BCUT2D eigenvalue weighted by Crippen LogP contribution is -2.29. The van der Waals surface area contributed by atoms with Gasteiger partial charge in [-0.15, -0.1) is 0 Å². The number of hydrogen-bond acceptors (Lipinski definition) is 7. The monoisotopic (exact) mass is 368 g/mol. The van der Waals surface area contributed by atoms with Gasteiger partial charge in [0.1, 0.15) is 17.1 Å². The Labute approximate surface area is 151 Å². The predicted molar refractivity (Wildman–Crippen MR) is 90.4 cm³/mol. The van der Waals surface area contributed by atoms with Crippen molar-refractivity contribution in [2.24, 2.45) is 0 Å². The second-order valence-electron chi connectivity index (χ2n) is 5.63. The molecular weight excluding hydrogens is 346 g/mol. The molecule has 1 N–H and O–H groups in total. The second kappa shape index (κ2) is 8.40. The largest absolute Gasteiger partial charge is 0.535 e. The van der Waals surface area contributed by atoms with Crippen molar-refractivity contribution < 1.29 is 37.9 Å². The summed E-state index contributed by atoms with van der Waals surface area (Å²) in [7, 11) is -1.08. The van der Waals surface area contributed by atoms with Gasteiger partial charge in [0.2, 0.25) is 6.29 Å². The van der Waals surface area contributed by atoms with Gasteiger partial charge < -0.3 is 23.9 Å². The van der Waals surface area contributed by atoms with Gasteiger partial charge in [-0.2, -0.15) is 0 Å². The van der Waals surface area contributed by atoms with E-state index in [0.29, 0.717) is 5.56 Å². The van der Waals surface area contributed by atoms with Crippen LogP contribution in [0.1, 0.15) is 56.0 Å². The summed E-state index contributed by atoms with van der Waals surface area (Å²) in [5.41, 5.74) is 0.244. The van der Waals surface area contributed by atoms with Gasteiger partial charge in [0.05, 0.1) is 6.61 Å². The summed E-state index contributed by atoms with van der Waals surface area (Å²) in [4.78, 5) is 23.5. The number of ether oxygens (including phenoxy) is 3. The van der Waals surface area contributed by atoms with Gasteiger partial charge in [-0.3, -0.25) is 0 Å². The molecule has 7 nitrogen and oxygen atoms in total. The average molecular weight is 368 g/mol. The van der Waals surface area contributed by atoms with E-state index in [0.717, 1.165) is 12.5 Å². The normalized spacial score (nSPS) is 20.3. The summed E-state index contributed by atoms with van der Waals surface area (Å²) in [5.74, 6) is -1.89. The molecule has 2 aliphatic rings. The Kier molecular flexibility index (Phi) is 6.47. The molecule has 3 unspecified atom stereocenters. The first-order valence-electron chi connectivity index (χ1n) is 8.63. The Morgan fingerprint density at radius 1 is 1.38 bits per heavy atom. The number of carbonyl (C=O) groups is 2. The molecule has 1 aliphatic heterocycles. The maximum absolute atomic E-state index is 14.1. The van der Waals surface area contributed by atoms with Crippen molar-refractivity contribution in [2.75, 3.05) is 6.61 Å². The van der Waals surface area contributed by atoms with E-state index in [-0.39, 0.29) is 24.1 Å². The van der Waals surface area contributed by atoms with Crippen LogP contribution in [0.3, 0.4) is 0 Å². The minimum Gasteiger partial charge on any atom is -0.535 e. The second-order valence-corrected chi connectivity index (χ2v) is 5.63. The van der Waals surface area contributed by atoms with Gasteiger partial charge in [-0.1, -0.05) is 19.9 Å². The number of carbonyl (C=O) groups excluding carboxylic acids is 2. The Morgan fingerprint density at radius 2 is 2.08 bits per heavy atom. The van der Waals surface area contributed by atoms with Crippen molar-refractivity contribution in [3.63, 3.8) is 0 Å². The molecule has 1 heterocycles. The highest BCUT2D eigenvalue weighted by molar-refractivity contribution is 6.48.